The third kappa shape index (κ3) is 7.89. The maximum Gasteiger partial charge on any atom is 0.673 e. The lowest BCUT2D eigenvalue weighted by atomic mass is 9.99. The summed E-state index contributed by atoms with van der Waals surface area (Å²) < 4.78 is 67.5. The number of rotatable bonds is 7. The molecule has 0 fully saturated rings. The van der Waals surface area contributed by atoms with Crippen molar-refractivity contribution in [2.45, 2.75) is 11.4 Å². The smallest absolute Gasteiger partial charge is 0.418 e. The summed E-state index contributed by atoms with van der Waals surface area (Å²) in [6, 6.07) is 43.6. The number of hydrogen-bond acceptors (Lipinski definition) is 2. The van der Waals surface area contributed by atoms with Crippen LogP contribution in [-0.4, -0.2) is 21.4 Å². The van der Waals surface area contributed by atoms with Crippen LogP contribution in [0.25, 0.3) is 33.6 Å². The molecule has 0 aliphatic heterocycles. The van der Waals surface area contributed by atoms with E-state index in [9.17, 15) is 25.7 Å². The second-order valence-corrected chi connectivity index (χ2v) is 11.0. The predicted molar refractivity (Wildman–Crippen MR) is 152 cm³/mol. The summed E-state index contributed by atoms with van der Waals surface area (Å²) >= 11 is 0. The summed E-state index contributed by atoms with van der Waals surface area (Å²) in [5.74, 6) is 0.00598. The Labute approximate surface area is 231 Å². The number of nitrogens with zero attached hydrogens (tertiary/aromatic N) is 1. The maximum absolute atomic E-state index is 13.2. The number of benzene rings is 4. The Morgan fingerprint density at radius 3 is 1.27 bits per heavy atom. The van der Waals surface area contributed by atoms with Gasteiger partial charge in [-0.1, -0.05) is 84.9 Å². The fourth-order valence-corrected chi connectivity index (χ4v) is 5.54. The predicted octanol–water partition coefficient (Wildman–Crippen LogP) is 7.75. The first-order valence-electron chi connectivity index (χ1n) is 12.5. The Kier molecular flexibility index (Phi) is 9.17. The van der Waals surface area contributed by atoms with Gasteiger partial charge in [-0.15, -0.1) is 0 Å². The molecule has 5 rings (SSSR count). The minimum atomic E-state index is -6.00. The van der Waals surface area contributed by atoms with E-state index in [-0.39, 0.29) is 5.75 Å². The van der Waals surface area contributed by atoms with Crippen LogP contribution in [0.4, 0.5) is 17.3 Å². The first kappa shape index (κ1) is 28.8. The maximum atomic E-state index is 13.2. The monoisotopic (exact) mass is 563 g/mol. The molecule has 0 unspecified atom stereocenters. The van der Waals surface area contributed by atoms with Crippen molar-refractivity contribution in [3.05, 3.63) is 133 Å². The van der Waals surface area contributed by atoms with Crippen molar-refractivity contribution in [1.82, 2.24) is 0 Å². The van der Waals surface area contributed by atoms with Gasteiger partial charge in [0.1, 0.15) is 5.75 Å². The summed E-state index contributed by atoms with van der Waals surface area (Å²) in [5.41, 5.74) is 6.25. The van der Waals surface area contributed by atoms with Crippen molar-refractivity contribution in [1.29, 1.82) is 0 Å². The minimum absolute atomic E-state index is 0.00598. The number of aromatic nitrogens is 1. The highest BCUT2D eigenvalue weighted by molar-refractivity contribution is 7.91. The van der Waals surface area contributed by atoms with Gasteiger partial charge in [0.25, 0.3) is 0 Å². The van der Waals surface area contributed by atoms with Crippen LogP contribution >= 0.6 is 0 Å². The van der Waals surface area contributed by atoms with Crippen molar-refractivity contribution >= 4 is 17.1 Å². The van der Waals surface area contributed by atoms with Crippen LogP contribution in [-0.2, 0) is 16.4 Å². The molecule has 0 aliphatic rings. The van der Waals surface area contributed by atoms with Gasteiger partial charge in [0, 0.05) is 23.3 Å². The quantitative estimate of drug-likeness (QED) is 0.115. The molecule has 0 aliphatic carbocycles. The number of halogens is 4. The van der Waals surface area contributed by atoms with Gasteiger partial charge in [-0.05, 0) is 47.5 Å². The highest BCUT2D eigenvalue weighted by atomic mass is 32.2. The Hall–Kier alpha value is -4.24. The molecule has 3 nitrogen and oxygen atoms in total. The zero-order valence-corrected chi connectivity index (χ0v) is 22.2. The fraction of sp³-hybridized carbons (Fsp3) is 0.0645. The molecule has 0 amide bonds. The summed E-state index contributed by atoms with van der Waals surface area (Å²) in [5, 5.41) is 0. The molecule has 1 aromatic heterocycles. The van der Waals surface area contributed by atoms with Crippen LogP contribution in [0.5, 0.6) is 0 Å². The van der Waals surface area contributed by atoms with Gasteiger partial charge in [-0.25, -0.2) is 8.42 Å². The normalized spacial score (nSPS) is 11.4. The van der Waals surface area contributed by atoms with Gasteiger partial charge in [0.05, 0.1) is 4.90 Å². The molecule has 5 aromatic rings. The molecule has 0 saturated heterocycles. The van der Waals surface area contributed by atoms with E-state index in [1.165, 1.54) is 0 Å². The van der Waals surface area contributed by atoms with Crippen LogP contribution in [0.1, 0.15) is 0 Å². The SMILES string of the molecule is F[B-](F)(F)F.O=S(=O)(CC[n+]1c(-c2ccccc2)cc(-c2ccccc2)cc1-c1ccccc1)c1ccccc1. The summed E-state index contributed by atoms with van der Waals surface area (Å²) in [4.78, 5) is 0.351. The molecular formula is C31H26BF4NO2S. The molecule has 0 N–H and O–H groups in total. The van der Waals surface area contributed by atoms with Gasteiger partial charge >= 0.3 is 7.25 Å². The van der Waals surface area contributed by atoms with Gasteiger partial charge in [0.15, 0.2) is 16.4 Å². The molecule has 4 aromatic carbocycles. The second-order valence-electron chi connectivity index (χ2n) is 8.89. The minimum Gasteiger partial charge on any atom is -0.418 e. The molecule has 0 bridgehead atoms. The summed E-state index contributed by atoms with van der Waals surface area (Å²) in [6.45, 7) is 0.334. The topological polar surface area (TPSA) is 38.0 Å². The van der Waals surface area contributed by atoms with E-state index >= 15 is 0 Å². The van der Waals surface area contributed by atoms with Gasteiger partial charge in [-0.2, -0.15) is 4.57 Å². The molecule has 0 spiro atoms. The summed E-state index contributed by atoms with van der Waals surface area (Å²) in [7, 11) is -9.44. The van der Waals surface area contributed by atoms with E-state index in [0.29, 0.717) is 11.4 Å². The van der Waals surface area contributed by atoms with Crippen molar-refractivity contribution < 1.29 is 30.2 Å². The van der Waals surface area contributed by atoms with E-state index in [0.717, 1.165) is 33.6 Å². The molecule has 40 heavy (non-hydrogen) atoms. The van der Waals surface area contributed by atoms with Crippen LogP contribution in [0.3, 0.4) is 0 Å². The van der Waals surface area contributed by atoms with E-state index in [2.05, 4.69) is 53.1 Å². The molecule has 0 atom stereocenters. The van der Waals surface area contributed by atoms with Crippen LogP contribution in [0.2, 0.25) is 0 Å². The average Bonchev–Trinajstić information content (AvgIpc) is 2.97. The fourth-order valence-electron chi connectivity index (χ4n) is 4.31. The van der Waals surface area contributed by atoms with Gasteiger partial charge in [0.2, 0.25) is 11.4 Å². The first-order chi connectivity index (χ1) is 19.1. The van der Waals surface area contributed by atoms with Crippen LogP contribution < -0.4 is 4.57 Å². The Morgan fingerprint density at radius 1 is 0.525 bits per heavy atom. The average molecular weight is 563 g/mol. The molecule has 9 heteroatoms. The summed E-state index contributed by atoms with van der Waals surface area (Å²) in [6.07, 6.45) is 0. The van der Waals surface area contributed by atoms with Crippen LogP contribution in [0.15, 0.2) is 138 Å². The lowest BCUT2D eigenvalue weighted by Crippen LogP contribution is -2.42. The standard InChI is InChI=1S/C31H26NO2S.BF4/c33-35(34,29-19-11-4-12-20-29)22-21-32-30(26-15-7-2-8-16-26)23-28(25-13-5-1-6-14-25)24-31(32)27-17-9-3-10-18-27;2-1(3,4)5/h1-20,23-24H,21-22H2;/q+1;-1. The van der Waals surface area contributed by atoms with E-state index in [1.807, 2.05) is 60.7 Å². The van der Waals surface area contributed by atoms with Crippen molar-refractivity contribution in [2.75, 3.05) is 5.75 Å². The van der Waals surface area contributed by atoms with Crippen molar-refractivity contribution in [3.63, 3.8) is 0 Å². The zero-order valence-electron chi connectivity index (χ0n) is 21.4. The highest BCUT2D eigenvalue weighted by Gasteiger charge is 2.25. The van der Waals surface area contributed by atoms with E-state index in [4.69, 9.17) is 0 Å². The lowest BCUT2D eigenvalue weighted by molar-refractivity contribution is -0.670. The van der Waals surface area contributed by atoms with Crippen LogP contribution in [0, 0.1) is 0 Å². The second kappa shape index (κ2) is 12.7. The van der Waals surface area contributed by atoms with Crippen molar-refractivity contribution in [3.8, 4) is 33.6 Å². The third-order valence-electron chi connectivity index (χ3n) is 6.10. The molecular weight excluding hydrogens is 537 g/mol. The zero-order chi connectivity index (χ0) is 28.6. The third-order valence-corrected chi connectivity index (χ3v) is 7.81. The van der Waals surface area contributed by atoms with Crippen molar-refractivity contribution in [2.24, 2.45) is 0 Å². The van der Waals surface area contributed by atoms with E-state index in [1.54, 1.807) is 24.3 Å². The van der Waals surface area contributed by atoms with Gasteiger partial charge < -0.3 is 17.3 Å². The largest absolute Gasteiger partial charge is 0.673 e. The number of sulfone groups is 1. The molecule has 0 saturated carbocycles. The lowest BCUT2D eigenvalue weighted by Gasteiger charge is -2.13. The van der Waals surface area contributed by atoms with E-state index < -0.39 is 17.1 Å². The molecule has 204 valence electrons. The first-order valence-corrected chi connectivity index (χ1v) is 14.2. The molecule has 0 radical (unpaired) electrons. The Morgan fingerprint density at radius 2 is 0.875 bits per heavy atom. The number of hydrogen-bond donors (Lipinski definition) is 0. The number of pyridine rings is 1. The Balaban J connectivity index is 0.000000681. The molecule has 1 heterocycles. The Bertz CT molecular complexity index is 1570. The highest BCUT2D eigenvalue weighted by Crippen LogP contribution is 2.29. The van der Waals surface area contributed by atoms with Gasteiger partial charge in [-0.3, -0.25) is 0 Å².